The Balaban J connectivity index is 1.99. The molecule has 1 unspecified atom stereocenters. The van der Waals surface area contributed by atoms with Crippen molar-refractivity contribution in [2.75, 3.05) is 11.9 Å². The van der Waals surface area contributed by atoms with Crippen LogP contribution in [0.5, 0.6) is 0 Å². The number of hydrogen-bond acceptors (Lipinski definition) is 3. The van der Waals surface area contributed by atoms with Crippen LogP contribution in [0, 0.1) is 0 Å². The van der Waals surface area contributed by atoms with Gasteiger partial charge in [-0.15, -0.1) is 0 Å². The maximum absolute atomic E-state index is 6.08. The van der Waals surface area contributed by atoms with Gasteiger partial charge in [-0.3, -0.25) is 0 Å². The number of pyridine rings is 1. The van der Waals surface area contributed by atoms with E-state index in [-0.39, 0.29) is 6.04 Å². The zero-order valence-corrected chi connectivity index (χ0v) is 11.9. The summed E-state index contributed by atoms with van der Waals surface area (Å²) < 4.78 is 0.852. The number of nitrogens with one attached hydrogen (secondary N) is 1. The van der Waals surface area contributed by atoms with E-state index in [1.165, 1.54) is 0 Å². The molecule has 5 heteroatoms. The van der Waals surface area contributed by atoms with E-state index in [1.807, 2.05) is 30.3 Å². The Bertz CT molecular complexity index is 519. The van der Waals surface area contributed by atoms with Crippen molar-refractivity contribution in [1.29, 1.82) is 0 Å². The van der Waals surface area contributed by atoms with Crippen molar-refractivity contribution in [1.82, 2.24) is 4.98 Å². The molecule has 2 aromatic rings. The minimum atomic E-state index is -0.0901. The highest BCUT2D eigenvalue weighted by Gasteiger charge is 2.07. The van der Waals surface area contributed by atoms with Crippen molar-refractivity contribution in [3.8, 4) is 0 Å². The SMILES string of the molecule is NC(CNc1ncc(Br)cc1Cl)c1ccccc1. The maximum Gasteiger partial charge on any atom is 0.144 e. The Labute approximate surface area is 119 Å². The van der Waals surface area contributed by atoms with Gasteiger partial charge in [0, 0.05) is 23.3 Å². The van der Waals surface area contributed by atoms with E-state index in [9.17, 15) is 0 Å². The molecule has 1 aromatic carbocycles. The van der Waals surface area contributed by atoms with E-state index in [2.05, 4.69) is 26.2 Å². The number of anilines is 1. The monoisotopic (exact) mass is 325 g/mol. The van der Waals surface area contributed by atoms with Gasteiger partial charge in [-0.05, 0) is 27.6 Å². The molecule has 1 heterocycles. The number of aromatic nitrogens is 1. The van der Waals surface area contributed by atoms with Crippen LogP contribution >= 0.6 is 27.5 Å². The first-order chi connectivity index (χ1) is 8.66. The van der Waals surface area contributed by atoms with Crippen LogP contribution in [0.25, 0.3) is 0 Å². The lowest BCUT2D eigenvalue weighted by Gasteiger charge is -2.14. The number of benzene rings is 1. The molecule has 0 aliphatic rings. The van der Waals surface area contributed by atoms with Gasteiger partial charge < -0.3 is 11.1 Å². The second kappa shape index (κ2) is 6.18. The molecule has 1 aromatic heterocycles. The summed E-state index contributed by atoms with van der Waals surface area (Å²) in [7, 11) is 0. The summed E-state index contributed by atoms with van der Waals surface area (Å²) in [6.07, 6.45) is 1.70. The standard InChI is InChI=1S/C13H13BrClN3/c14-10-6-11(15)13(17-7-10)18-8-12(16)9-4-2-1-3-5-9/h1-7,12H,8,16H2,(H,17,18). The fourth-order valence-corrected chi connectivity index (χ4v) is 2.27. The van der Waals surface area contributed by atoms with Crippen molar-refractivity contribution in [2.45, 2.75) is 6.04 Å². The van der Waals surface area contributed by atoms with Crippen molar-refractivity contribution >= 4 is 33.3 Å². The molecule has 3 N–H and O–H groups in total. The molecule has 3 nitrogen and oxygen atoms in total. The average Bonchev–Trinajstić information content (AvgIpc) is 2.38. The second-order valence-corrected chi connectivity index (χ2v) is 5.20. The van der Waals surface area contributed by atoms with Crippen LogP contribution in [0.3, 0.4) is 0 Å². The Hall–Kier alpha value is -1.10. The van der Waals surface area contributed by atoms with Crippen LogP contribution in [0.2, 0.25) is 5.02 Å². The lowest BCUT2D eigenvalue weighted by molar-refractivity contribution is 0.762. The third-order valence-corrected chi connectivity index (χ3v) is 3.25. The average molecular weight is 327 g/mol. The van der Waals surface area contributed by atoms with Gasteiger partial charge in [-0.25, -0.2) is 4.98 Å². The normalized spacial score (nSPS) is 12.2. The predicted octanol–water partition coefficient (Wildman–Crippen LogP) is 3.61. The van der Waals surface area contributed by atoms with Crippen LogP contribution in [0.4, 0.5) is 5.82 Å². The molecule has 94 valence electrons. The first-order valence-corrected chi connectivity index (χ1v) is 6.69. The molecule has 18 heavy (non-hydrogen) atoms. The van der Waals surface area contributed by atoms with Crippen LogP contribution in [0.15, 0.2) is 47.1 Å². The van der Waals surface area contributed by atoms with E-state index >= 15 is 0 Å². The Morgan fingerprint density at radius 2 is 2.06 bits per heavy atom. The topological polar surface area (TPSA) is 50.9 Å². The highest BCUT2D eigenvalue weighted by molar-refractivity contribution is 9.10. The van der Waals surface area contributed by atoms with Gasteiger partial charge in [-0.2, -0.15) is 0 Å². The van der Waals surface area contributed by atoms with Gasteiger partial charge in [-0.1, -0.05) is 41.9 Å². The molecule has 0 saturated heterocycles. The van der Waals surface area contributed by atoms with Gasteiger partial charge in [0.2, 0.25) is 0 Å². The molecule has 0 bridgehead atoms. The summed E-state index contributed by atoms with van der Waals surface area (Å²) in [5, 5.41) is 3.72. The van der Waals surface area contributed by atoms with E-state index in [4.69, 9.17) is 17.3 Å². The van der Waals surface area contributed by atoms with Gasteiger partial charge in [0.25, 0.3) is 0 Å². The molecule has 0 spiro atoms. The third kappa shape index (κ3) is 3.45. The van der Waals surface area contributed by atoms with Crippen molar-refractivity contribution < 1.29 is 0 Å². The van der Waals surface area contributed by atoms with Crippen LogP contribution < -0.4 is 11.1 Å². The molecule has 0 radical (unpaired) electrons. The van der Waals surface area contributed by atoms with E-state index < -0.39 is 0 Å². The summed E-state index contributed by atoms with van der Waals surface area (Å²) in [6.45, 7) is 0.582. The second-order valence-electron chi connectivity index (χ2n) is 3.88. The van der Waals surface area contributed by atoms with Crippen molar-refractivity contribution in [3.05, 3.63) is 57.7 Å². The number of nitrogens with zero attached hydrogens (tertiary/aromatic N) is 1. The molecular weight excluding hydrogens is 314 g/mol. The largest absolute Gasteiger partial charge is 0.367 e. The molecule has 0 aliphatic heterocycles. The molecule has 2 rings (SSSR count). The minimum absolute atomic E-state index is 0.0901. The predicted molar refractivity (Wildman–Crippen MR) is 78.8 cm³/mol. The summed E-state index contributed by atoms with van der Waals surface area (Å²) in [5.74, 6) is 0.645. The number of rotatable bonds is 4. The number of halogens is 2. The lowest BCUT2D eigenvalue weighted by Crippen LogP contribution is -2.21. The van der Waals surface area contributed by atoms with Gasteiger partial charge in [0.1, 0.15) is 5.82 Å². The fourth-order valence-electron chi connectivity index (χ4n) is 1.57. The molecule has 0 amide bonds. The third-order valence-electron chi connectivity index (χ3n) is 2.52. The van der Waals surface area contributed by atoms with Gasteiger partial charge >= 0.3 is 0 Å². The molecule has 0 aliphatic carbocycles. The smallest absolute Gasteiger partial charge is 0.144 e. The minimum Gasteiger partial charge on any atom is -0.367 e. The summed E-state index contributed by atoms with van der Waals surface area (Å²) in [5.41, 5.74) is 7.16. The molecule has 1 atom stereocenters. The zero-order valence-electron chi connectivity index (χ0n) is 9.61. The van der Waals surface area contributed by atoms with E-state index in [1.54, 1.807) is 12.3 Å². The van der Waals surface area contributed by atoms with Crippen LogP contribution in [-0.2, 0) is 0 Å². The first-order valence-electron chi connectivity index (χ1n) is 5.52. The first kappa shape index (κ1) is 13.3. The van der Waals surface area contributed by atoms with Crippen LogP contribution in [-0.4, -0.2) is 11.5 Å². The van der Waals surface area contributed by atoms with Crippen LogP contribution in [0.1, 0.15) is 11.6 Å². The number of nitrogens with two attached hydrogens (primary N) is 1. The lowest BCUT2D eigenvalue weighted by atomic mass is 10.1. The number of hydrogen-bond donors (Lipinski definition) is 2. The summed E-state index contributed by atoms with van der Waals surface area (Å²) in [4.78, 5) is 4.20. The Morgan fingerprint density at radius 3 is 2.72 bits per heavy atom. The maximum atomic E-state index is 6.08. The van der Waals surface area contributed by atoms with E-state index in [0.717, 1.165) is 10.0 Å². The molecular formula is C13H13BrClN3. The van der Waals surface area contributed by atoms with Gasteiger partial charge in [0.05, 0.1) is 5.02 Å². The van der Waals surface area contributed by atoms with Crippen molar-refractivity contribution in [2.24, 2.45) is 5.73 Å². The van der Waals surface area contributed by atoms with Crippen molar-refractivity contribution in [3.63, 3.8) is 0 Å². The Kier molecular flexibility index (Phi) is 4.58. The van der Waals surface area contributed by atoms with Gasteiger partial charge in [0.15, 0.2) is 0 Å². The zero-order chi connectivity index (χ0) is 13.0. The molecule has 0 fully saturated rings. The van der Waals surface area contributed by atoms with E-state index in [0.29, 0.717) is 17.4 Å². The fraction of sp³-hybridized carbons (Fsp3) is 0.154. The quantitative estimate of drug-likeness (QED) is 0.902. The summed E-state index contributed by atoms with van der Waals surface area (Å²) in [6, 6.07) is 11.6. The Morgan fingerprint density at radius 1 is 1.33 bits per heavy atom. The highest BCUT2D eigenvalue weighted by Crippen LogP contribution is 2.23. The molecule has 0 saturated carbocycles. The summed E-state index contributed by atoms with van der Waals surface area (Å²) >= 11 is 9.38. The highest BCUT2D eigenvalue weighted by atomic mass is 79.9.